The summed E-state index contributed by atoms with van der Waals surface area (Å²) in [7, 11) is 0. The minimum Gasteiger partial charge on any atom is -0.370 e. The molecule has 0 aliphatic rings. The van der Waals surface area contributed by atoms with Crippen LogP contribution in [0.4, 0.5) is 0 Å². The van der Waals surface area contributed by atoms with Crippen molar-refractivity contribution in [1.29, 1.82) is 0 Å². The van der Waals surface area contributed by atoms with E-state index in [1.54, 1.807) is 24.9 Å². The Balaban J connectivity index is 6.63. The molecular formula is C63H119N17O7. The van der Waals surface area contributed by atoms with Gasteiger partial charge in [-0.15, -0.1) is 0 Å². The van der Waals surface area contributed by atoms with Crippen LogP contribution in [0.25, 0.3) is 0 Å². The van der Waals surface area contributed by atoms with E-state index in [1.165, 1.54) is 96.3 Å². The van der Waals surface area contributed by atoms with E-state index in [9.17, 15) is 33.6 Å². The molecule has 0 unspecified atom stereocenters. The summed E-state index contributed by atoms with van der Waals surface area (Å²) < 4.78 is 0. The molecule has 0 saturated heterocycles. The van der Waals surface area contributed by atoms with E-state index in [1.807, 2.05) is 0 Å². The van der Waals surface area contributed by atoms with Gasteiger partial charge < -0.3 is 38.9 Å². The fraction of sp³-hybridized carbons (Fsp3) is 0.794. The molecular weight excluding hydrogens is 1110 g/mol. The molecule has 0 aromatic heterocycles. The van der Waals surface area contributed by atoms with Gasteiger partial charge in [0.2, 0.25) is 29.5 Å². The summed E-state index contributed by atoms with van der Waals surface area (Å²) in [6.07, 6.45) is 40.1. The third-order valence-corrected chi connectivity index (χ3v) is 14.5. The minimum absolute atomic E-state index is 0.0914. The number of guanidine groups is 2. The molecule has 4 atom stereocenters. The van der Waals surface area contributed by atoms with Crippen LogP contribution in [0.15, 0.2) is 30.4 Å². The molecule has 0 aromatic carbocycles. The van der Waals surface area contributed by atoms with Crippen LogP contribution >= 0.6 is 0 Å². The zero-order valence-corrected chi connectivity index (χ0v) is 54.2. The lowest BCUT2D eigenvalue weighted by molar-refractivity contribution is -0.133. The quantitative estimate of drug-likeness (QED) is 0.0118. The maximum absolute atomic E-state index is 14.5. The lowest BCUT2D eigenvalue weighted by Gasteiger charge is -2.24. The number of nitrogens with zero attached hydrogens (tertiary/aromatic N) is 6. The Hall–Kier alpha value is -6.49. The van der Waals surface area contributed by atoms with Gasteiger partial charge >= 0.3 is 0 Å². The average molecular weight is 1230 g/mol. The van der Waals surface area contributed by atoms with Crippen LogP contribution in [0, 0.1) is 0 Å². The Bertz CT molecular complexity index is 2010. The zero-order valence-electron chi connectivity index (χ0n) is 54.2. The van der Waals surface area contributed by atoms with Gasteiger partial charge in [0.15, 0.2) is 11.9 Å². The standard InChI is InChI=1S/C63H119N17O7/c1-5-9-13-17-21-25-29-34-47-69-77-56(82)44-41-53(60(86)79-71-49-36-31-27-23-19-15-11-7-3)73-55(81)43-40-52(74-58(84)51(76-63(66)67)39-33-38-46-68-62(64)65)59(85)75-54(61(87)80-72-50-37-32-28-24-20-16-12-8-4)42-45-57(83)78-70-48-35-30-26-22-18-14-10-6-2/h47-54H,5-46H2,1-4H3,(H,73,81)(H,74,84)(H,75,85)(H,77,82)(H,78,83)(H,79,86)(H,80,87)(H4,64,65,68)(H4,66,67,76)/b69-47+,70-48+,71-49+,72-50+/t51-,52-,53-,54-/m0/s1. The van der Waals surface area contributed by atoms with Gasteiger partial charge in [-0.05, 0) is 89.9 Å². The highest BCUT2D eigenvalue weighted by Crippen LogP contribution is 2.13. The SMILES string of the molecule is CCCCCCCCC/C=N/NC(=O)CC[C@H](NC(=O)CC[C@H](NC(=O)[C@H](CCCCN=C(N)N)N=C(N)N)C(=O)N[C@@H](CCC(=O)N/N=C/CCCCCCCCC)C(=O)N/N=C/CCCCCCCCC)C(=O)N/N=C/CCCCCCCCC. The highest BCUT2D eigenvalue weighted by Gasteiger charge is 2.31. The van der Waals surface area contributed by atoms with Crippen LogP contribution < -0.4 is 60.6 Å². The molecule has 498 valence electrons. The van der Waals surface area contributed by atoms with E-state index in [-0.39, 0.29) is 57.0 Å². The van der Waals surface area contributed by atoms with Crippen molar-refractivity contribution in [3.63, 3.8) is 0 Å². The number of carbonyl (C=O) groups is 7. The van der Waals surface area contributed by atoms with E-state index in [0.29, 0.717) is 38.5 Å². The number of unbranched alkanes of at least 4 members (excludes halogenated alkanes) is 29. The Morgan fingerprint density at radius 3 is 1.02 bits per heavy atom. The molecule has 0 heterocycles. The Kier molecular flexibility index (Phi) is 54.2. The van der Waals surface area contributed by atoms with Crippen molar-refractivity contribution in [3.8, 4) is 0 Å². The van der Waals surface area contributed by atoms with Gasteiger partial charge in [-0.1, -0.05) is 182 Å². The van der Waals surface area contributed by atoms with E-state index in [2.05, 4.69) is 95.7 Å². The van der Waals surface area contributed by atoms with Gasteiger partial charge in [0.1, 0.15) is 24.2 Å². The van der Waals surface area contributed by atoms with Crippen molar-refractivity contribution < 1.29 is 33.6 Å². The van der Waals surface area contributed by atoms with Crippen LogP contribution in [0.1, 0.15) is 291 Å². The highest BCUT2D eigenvalue weighted by molar-refractivity contribution is 5.95. The topological polar surface area (TPSA) is 382 Å². The highest BCUT2D eigenvalue weighted by atomic mass is 16.2. The van der Waals surface area contributed by atoms with Gasteiger partial charge in [-0.3, -0.25) is 38.6 Å². The van der Waals surface area contributed by atoms with Gasteiger partial charge in [0.05, 0.1) is 0 Å². The summed E-state index contributed by atoms with van der Waals surface area (Å²) in [5.41, 5.74) is 32.5. The predicted octanol–water partition coefficient (Wildman–Crippen LogP) is 8.84. The van der Waals surface area contributed by atoms with Crippen LogP contribution in [0.3, 0.4) is 0 Å². The normalized spacial score (nSPS) is 12.8. The van der Waals surface area contributed by atoms with Gasteiger partial charge in [0, 0.05) is 50.7 Å². The molecule has 0 aromatic rings. The summed E-state index contributed by atoms with van der Waals surface area (Å²) in [4.78, 5) is 104. The Labute approximate surface area is 522 Å². The molecule has 0 fully saturated rings. The van der Waals surface area contributed by atoms with Crippen molar-refractivity contribution in [2.45, 2.75) is 315 Å². The second-order valence-corrected chi connectivity index (χ2v) is 22.6. The molecule has 24 nitrogen and oxygen atoms in total. The van der Waals surface area contributed by atoms with Crippen molar-refractivity contribution in [3.05, 3.63) is 0 Å². The van der Waals surface area contributed by atoms with Crippen molar-refractivity contribution in [2.75, 3.05) is 6.54 Å². The molecule has 15 N–H and O–H groups in total. The van der Waals surface area contributed by atoms with Crippen LogP contribution in [-0.4, -0.2) is 109 Å². The van der Waals surface area contributed by atoms with E-state index < -0.39 is 71.9 Å². The predicted molar refractivity (Wildman–Crippen MR) is 355 cm³/mol. The molecule has 24 heteroatoms. The number of amides is 7. The number of nitrogens with one attached hydrogen (secondary N) is 7. The molecule has 0 bridgehead atoms. The maximum Gasteiger partial charge on any atom is 0.262 e. The summed E-state index contributed by atoms with van der Waals surface area (Å²) >= 11 is 0. The summed E-state index contributed by atoms with van der Waals surface area (Å²) in [6, 6.07) is -5.26. The summed E-state index contributed by atoms with van der Waals surface area (Å²) in [6.45, 7) is 9.00. The first-order chi connectivity index (χ1) is 42.2. The molecule has 0 aliphatic carbocycles. The van der Waals surface area contributed by atoms with Gasteiger partial charge in [0.25, 0.3) is 11.8 Å². The number of carbonyl (C=O) groups excluding carboxylic acids is 7. The molecule has 7 amide bonds. The molecule has 87 heavy (non-hydrogen) atoms. The van der Waals surface area contributed by atoms with Gasteiger partial charge in [-0.2, -0.15) is 20.4 Å². The van der Waals surface area contributed by atoms with E-state index >= 15 is 0 Å². The van der Waals surface area contributed by atoms with Crippen molar-refractivity contribution in [1.82, 2.24) is 37.7 Å². The van der Waals surface area contributed by atoms with Crippen LogP contribution in [0.5, 0.6) is 0 Å². The Morgan fingerprint density at radius 2 is 0.655 bits per heavy atom. The van der Waals surface area contributed by atoms with E-state index in [4.69, 9.17) is 22.9 Å². The molecule has 0 rings (SSSR count). The third kappa shape index (κ3) is 51.3. The van der Waals surface area contributed by atoms with Crippen molar-refractivity contribution in [2.24, 2.45) is 53.3 Å². The van der Waals surface area contributed by atoms with E-state index in [0.717, 1.165) is 83.5 Å². The maximum atomic E-state index is 14.5. The van der Waals surface area contributed by atoms with Gasteiger partial charge in [-0.25, -0.2) is 26.7 Å². The fourth-order valence-corrected chi connectivity index (χ4v) is 9.28. The van der Waals surface area contributed by atoms with Crippen LogP contribution in [0.2, 0.25) is 0 Å². The molecule has 0 saturated carbocycles. The second kappa shape index (κ2) is 58.5. The largest absolute Gasteiger partial charge is 0.370 e. The first-order valence-electron chi connectivity index (χ1n) is 33.5. The number of nitrogens with two attached hydrogens (primary N) is 4. The van der Waals surface area contributed by atoms with Crippen molar-refractivity contribution >= 4 is 78.1 Å². The lowest BCUT2D eigenvalue weighted by atomic mass is 10.0. The molecule has 0 radical (unpaired) electrons. The zero-order chi connectivity index (χ0) is 64.2. The minimum atomic E-state index is -1.49. The lowest BCUT2D eigenvalue weighted by Crippen LogP contribution is -2.55. The average Bonchev–Trinajstić information content (AvgIpc) is 3.59. The monoisotopic (exact) mass is 1230 g/mol. The fourth-order valence-electron chi connectivity index (χ4n) is 9.28. The summed E-state index contributed by atoms with van der Waals surface area (Å²) in [5, 5.41) is 24.5. The first-order valence-corrected chi connectivity index (χ1v) is 33.5. The number of aliphatic imine (C=N–C) groups is 2. The Morgan fingerprint density at radius 1 is 0.333 bits per heavy atom. The molecule has 0 aliphatic heterocycles. The van der Waals surface area contributed by atoms with Crippen LogP contribution in [-0.2, 0) is 33.6 Å². The number of rotatable bonds is 58. The number of hydrogen-bond acceptors (Lipinski definition) is 13. The number of hydrogen-bond donors (Lipinski definition) is 11. The number of hydrazone groups is 4. The smallest absolute Gasteiger partial charge is 0.262 e. The summed E-state index contributed by atoms with van der Waals surface area (Å²) in [5.74, 6) is -5.17. The first kappa shape index (κ1) is 80.5. The third-order valence-electron chi connectivity index (χ3n) is 14.5. The molecule has 0 spiro atoms. The second-order valence-electron chi connectivity index (χ2n) is 22.6.